The molecule has 0 radical (unpaired) electrons. The van der Waals surface area contributed by atoms with Crippen molar-refractivity contribution in [3.8, 4) is 0 Å². The molecular formula is C31H35FN2O. The van der Waals surface area contributed by atoms with Crippen LogP contribution >= 0.6 is 0 Å². The number of carbonyl (C=O) groups is 1. The first-order valence-electron chi connectivity index (χ1n) is 13.2. The van der Waals surface area contributed by atoms with Gasteiger partial charge in [0.2, 0.25) is 0 Å². The molecule has 0 amide bonds. The van der Waals surface area contributed by atoms with E-state index in [1.165, 1.54) is 29.7 Å². The van der Waals surface area contributed by atoms with Crippen molar-refractivity contribution in [3.05, 3.63) is 95.4 Å². The van der Waals surface area contributed by atoms with E-state index in [2.05, 4.69) is 40.2 Å². The van der Waals surface area contributed by atoms with Gasteiger partial charge in [0.15, 0.2) is 0 Å². The third-order valence-corrected chi connectivity index (χ3v) is 7.98. The summed E-state index contributed by atoms with van der Waals surface area (Å²) < 4.78 is 13.6. The number of Topliss-reactive ketones (excluding diaryl/α,β-unsaturated/α-hetero) is 1. The number of benzene rings is 2. The number of hydrogen-bond donors (Lipinski definition) is 0. The first kappa shape index (κ1) is 23.7. The van der Waals surface area contributed by atoms with Crippen molar-refractivity contribution in [2.75, 3.05) is 18.0 Å². The Morgan fingerprint density at radius 3 is 2.26 bits per heavy atom. The summed E-state index contributed by atoms with van der Waals surface area (Å²) in [6.45, 7) is 2.04. The Balaban J connectivity index is 1.26. The van der Waals surface area contributed by atoms with Gasteiger partial charge >= 0.3 is 0 Å². The predicted molar refractivity (Wildman–Crippen MR) is 139 cm³/mol. The molecule has 35 heavy (non-hydrogen) atoms. The maximum Gasteiger partial charge on any atom is 0.143 e. The monoisotopic (exact) mass is 470 g/mol. The van der Waals surface area contributed by atoms with E-state index >= 15 is 0 Å². The number of halogens is 1. The van der Waals surface area contributed by atoms with Crippen LogP contribution in [0.5, 0.6) is 0 Å². The van der Waals surface area contributed by atoms with E-state index in [1.54, 1.807) is 12.1 Å². The Bertz CT molecular complexity index is 1080. The fourth-order valence-electron chi connectivity index (χ4n) is 5.89. The molecule has 3 aromatic rings. The molecule has 0 bridgehead atoms. The van der Waals surface area contributed by atoms with Crippen molar-refractivity contribution in [3.63, 3.8) is 0 Å². The molecular weight excluding hydrogens is 435 g/mol. The third kappa shape index (κ3) is 5.80. The average Bonchev–Trinajstić information content (AvgIpc) is 2.93. The number of hydrogen-bond acceptors (Lipinski definition) is 3. The molecule has 1 saturated heterocycles. The minimum absolute atomic E-state index is 0.141. The smallest absolute Gasteiger partial charge is 0.143 e. The number of anilines is 1. The molecule has 3 nitrogen and oxygen atoms in total. The Hall–Kier alpha value is -3.01. The molecule has 0 spiro atoms. The third-order valence-electron chi connectivity index (χ3n) is 7.98. The largest absolute Gasteiger partial charge is 0.357 e. The quantitative estimate of drug-likeness (QED) is 0.370. The summed E-state index contributed by atoms with van der Waals surface area (Å²) in [5.74, 6) is 1.64. The van der Waals surface area contributed by atoms with Crippen LogP contribution in [-0.4, -0.2) is 23.9 Å². The Labute approximate surface area is 208 Å². The zero-order valence-corrected chi connectivity index (χ0v) is 20.4. The van der Waals surface area contributed by atoms with Crippen molar-refractivity contribution in [2.24, 2.45) is 5.92 Å². The molecule has 4 heteroatoms. The summed E-state index contributed by atoms with van der Waals surface area (Å²) >= 11 is 0. The van der Waals surface area contributed by atoms with Crippen molar-refractivity contribution < 1.29 is 9.18 Å². The number of pyridine rings is 1. The van der Waals surface area contributed by atoms with Crippen molar-refractivity contribution in [2.45, 2.75) is 63.2 Å². The van der Waals surface area contributed by atoms with Crippen LogP contribution in [0.25, 0.3) is 0 Å². The van der Waals surface area contributed by atoms with Gasteiger partial charge in [-0.2, -0.15) is 0 Å². The summed E-state index contributed by atoms with van der Waals surface area (Å²) in [5.41, 5.74) is 3.50. The second kappa shape index (κ2) is 11.2. The number of rotatable bonds is 7. The van der Waals surface area contributed by atoms with Gasteiger partial charge in [-0.15, -0.1) is 0 Å². The number of carbonyl (C=O) groups excluding carboxylic acids is 1. The standard InChI is InChI=1S/C31H35FN2O/c32-28-15-13-26(14-16-28)29(31(35)27-6-2-1-3-7-27)22-23-9-11-24(12-10-23)25-17-20-34(21-18-25)30-8-4-5-19-33-30/h4-5,8-16,19,25,27,29H,1-3,6-7,17-18,20-22H2. The number of ketones is 1. The van der Waals surface area contributed by atoms with Gasteiger partial charge in [0.1, 0.15) is 17.4 Å². The zero-order chi connectivity index (χ0) is 24.0. The molecule has 1 aliphatic carbocycles. The highest BCUT2D eigenvalue weighted by atomic mass is 19.1. The molecule has 1 aromatic heterocycles. The second-order valence-electron chi connectivity index (χ2n) is 10.2. The minimum atomic E-state index is -0.254. The van der Waals surface area contributed by atoms with Crippen LogP contribution < -0.4 is 4.90 Å². The summed E-state index contributed by atoms with van der Waals surface area (Å²) in [5, 5.41) is 0. The summed E-state index contributed by atoms with van der Waals surface area (Å²) in [7, 11) is 0. The molecule has 1 atom stereocenters. The lowest BCUT2D eigenvalue weighted by atomic mass is 9.77. The Morgan fingerprint density at radius 2 is 1.60 bits per heavy atom. The normalized spacial score (nSPS) is 18.4. The van der Waals surface area contributed by atoms with Gasteiger partial charge in [-0.1, -0.05) is 61.7 Å². The van der Waals surface area contributed by atoms with Gasteiger partial charge in [-0.25, -0.2) is 9.37 Å². The average molecular weight is 471 g/mol. The van der Waals surface area contributed by atoms with Crippen LogP contribution in [0.2, 0.25) is 0 Å². The summed E-state index contributed by atoms with van der Waals surface area (Å²) in [6.07, 6.45) is 10.3. The SMILES string of the molecule is O=C(C1CCCCC1)C(Cc1ccc(C2CCN(c3ccccn3)CC2)cc1)c1ccc(F)cc1. The number of piperidine rings is 1. The molecule has 1 unspecified atom stereocenters. The molecule has 2 aliphatic rings. The van der Waals surface area contributed by atoms with E-state index in [0.29, 0.717) is 18.1 Å². The number of aromatic nitrogens is 1. The van der Waals surface area contributed by atoms with Gasteiger partial charge in [0.05, 0.1) is 0 Å². The molecule has 1 aliphatic heterocycles. The van der Waals surface area contributed by atoms with E-state index in [1.807, 2.05) is 18.3 Å². The van der Waals surface area contributed by atoms with E-state index in [4.69, 9.17) is 0 Å². The molecule has 182 valence electrons. The van der Waals surface area contributed by atoms with E-state index < -0.39 is 0 Å². The molecule has 2 fully saturated rings. The van der Waals surface area contributed by atoms with Crippen LogP contribution in [0, 0.1) is 11.7 Å². The van der Waals surface area contributed by atoms with E-state index in [-0.39, 0.29) is 17.7 Å². The Kier molecular flexibility index (Phi) is 7.56. The van der Waals surface area contributed by atoms with Crippen molar-refractivity contribution in [1.29, 1.82) is 0 Å². The van der Waals surface area contributed by atoms with Crippen molar-refractivity contribution >= 4 is 11.6 Å². The fraction of sp³-hybridized carbons (Fsp3) is 0.419. The van der Waals surface area contributed by atoms with Crippen LogP contribution in [-0.2, 0) is 11.2 Å². The summed E-state index contributed by atoms with van der Waals surface area (Å²) in [4.78, 5) is 20.4. The predicted octanol–water partition coefficient (Wildman–Crippen LogP) is 7.08. The van der Waals surface area contributed by atoms with E-state index in [9.17, 15) is 9.18 Å². The van der Waals surface area contributed by atoms with Gasteiger partial charge in [-0.3, -0.25) is 4.79 Å². The summed E-state index contributed by atoms with van der Waals surface area (Å²) in [6, 6.07) is 21.6. The van der Waals surface area contributed by atoms with Crippen molar-refractivity contribution in [1.82, 2.24) is 4.98 Å². The lowest BCUT2D eigenvalue weighted by Crippen LogP contribution is -2.33. The highest BCUT2D eigenvalue weighted by molar-refractivity contribution is 5.88. The highest BCUT2D eigenvalue weighted by Gasteiger charge is 2.29. The van der Waals surface area contributed by atoms with Gasteiger partial charge in [0, 0.05) is 31.1 Å². The molecule has 2 aromatic carbocycles. The minimum Gasteiger partial charge on any atom is -0.357 e. The van der Waals surface area contributed by atoms with Crippen LogP contribution in [0.15, 0.2) is 72.9 Å². The van der Waals surface area contributed by atoms with E-state index in [0.717, 1.165) is 63.0 Å². The maximum absolute atomic E-state index is 13.6. The molecule has 2 heterocycles. The van der Waals surface area contributed by atoms with Gasteiger partial charge in [-0.05, 0) is 79.0 Å². The topological polar surface area (TPSA) is 33.2 Å². The first-order chi connectivity index (χ1) is 17.2. The van der Waals surface area contributed by atoms with Gasteiger partial charge in [0.25, 0.3) is 0 Å². The molecule has 5 rings (SSSR count). The first-order valence-corrected chi connectivity index (χ1v) is 13.2. The molecule has 1 saturated carbocycles. The van der Waals surface area contributed by atoms with Crippen LogP contribution in [0.3, 0.4) is 0 Å². The Morgan fingerprint density at radius 1 is 0.886 bits per heavy atom. The van der Waals surface area contributed by atoms with Crippen LogP contribution in [0.1, 0.15) is 73.5 Å². The highest BCUT2D eigenvalue weighted by Crippen LogP contribution is 2.34. The lowest BCUT2D eigenvalue weighted by molar-refractivity contribution is -0.125. The number of nitrogens with zero attached hydrogens (tertiary/aromatic N) is 2. The fourth-order valence-corrected chi connectivity index (χ4v) is 5.89. The molecule has 0 N–H and O–H groups in total. The zero-order valence-electron chi connectivity index (χ0n) is 20.4. The van der Waals surface area contributed by atoms with Crippen LogP contribution in [0.4, 0.5) is 10.2 Å². The maximum atomic E-state index is 13.6. The van der Waals surface area contributed by atoms with Gasteiger partial charge < -0.3 is 4.90 Å². The lowest BCUT2D eigenvalue weighted by Gasteiger charge is -2.33. The second-order valence-corrected chi connectivity index (χ2v) is 10.2.